The minimum absolute atomic E-state index is 0.0294. The Labute approximate surface area is 148 Å². The molecule has 0 saturated carbocycles. The van der Waals surface area contributed by atoms with Crippen LogP contribution in [0, 0.1) is 6.92 Å². The largest absolute Gasteiger partial charge is 0.387 e. The zero-order chi connectivity index (χ0) is 18.5. The van der Waals surface area contributed by atoms with Gasteiger partial charge in [-0.15, -0.1) is 0 Å². The Hall–Kier alpha value is -2.07. The summed E-state index contributed by atoms with van der Waals surface area (Å²) in [6.45, 7) is 10.3. The molecule has 2 rings (SSSR count). The van der Waals surface area contributed by atoms with Crippen molar-refractivity contribution in [3.8, 4) is 0 Å². The quantitative estimate of drug-likeness (QED) is 0.878. The zero-order valence-corrected chi connectivity index (χ0v) is 15.7. The van der Waals surface area contributed by atoms with Crippen LogP contribution in [0.15, 0.2) is 29.1 Å². The minimum Gasteiger partial charge on any atom is -0.387 e. The van der Waals surface area contributed by atoms with Crippen molar-refractivity contribution in [2.45, 2.75) is 39.5 Å². The zero-order valence-electron chi connectivity index (χ0n) is 14.9. The number of hydrogen-bond acceptors (Lipinski definition) is 3. The smallest absolute Gasteiger partial charge is 0.251 e. The van der Waals surface area contributed by atoms with E-state index in [9.17, 15) is 4.79 Å². The maximum absolute atomic E-state index is 12.4. The molecule has 0 aliphatic heterocycles. The molecular weight excluding hydrogens is 324 g/mol. The number of rotatable bonds is 3. The topological polar surface area (TPSA) is 62.0 Å². The Morgan fingerprint density at radius 3 is 2.29 bits per heavy atom. The molecule has 0 bridgehead atoms. The van der Waals surface area contributed by atoms with E-state index in [0.717, 1.165) is 28.1 Å². The summed E-state index contributed by atoms with van der Waals surface area (Å²) in [5.74, 6) is 0. The van der Waals surface area contributed by atoms with Gasteiger partial charge >= 0.3 is 0 Å². The lowest BCUT2D eigenvalue weighted by atomic mass is 9.89. The van der Waals surface area contributed by atoms with Crippen LogP contribution in [0.25, 0.3) is 0 Å². The fraction of sp³-hybridized carbons (Fsp3) is 0.368. The van der Waals surface area contributed by atoms with E-state index in [1.165, 1.54) is 0 Å². The average molecular weight is 349 g/mol. The summed E-state index contributed by atoms with van der Waals surface area (Å²) < 4.78 is 0. The molecule has 2 aromatic rings. The summed E-state index contributed by atoms with van der Waals surface area (Å²) in [7, 11) is 1.88. The first-order chi connectivity index (χ1) is 11.2. The van der Waals surface area contributed by atoms with Gasteiger partial charge in [-0.25, -0.2) is 0 Å². The second kappa shape index (κ2) is 8.15. The number of carbonyl (C=O) groups is 1. The van der Waals surface area contributed by atoms with E-state index in [-0.39, 0.29) is 11.0 Å². The summed E-state index contributed by atoms with van der Waals surface area (Å²) >= 11 is 5.99. The van der Waals surface area contributed by atoms with Crippen molar-refractivity contribution in [1.82, 2.24) is 4.98 Å². The van der Waals surface area contributed by atoms with Gasteiger partial charge in [0.2, 0.25) is 0 Å². The predicted molar refractivity (Wildman–Crippen MR) is 101 cm³/mol. The second-order valence-electron chi connectivity index (χ2n) is 6.66. The number of benzene rings is 1. The van der Waals surface area contributed by atoms with Gasteiger partial charge in [-0.2, -0.15) is 0 Å². The van der Waals surface area contributed by atoms with Crippen molar-refractivity contribution in [3.63, 3.8) is 0 Å². The second-order valence-corrected chi connectivity index (χ2v) is 7.10. The Bertz CT molecular complexity index is 761. The Balaban J connectivity index is 0.00000139. The van der Waals surface area contributed by atoms with Crippen LogP contribution in [0.2, 0.25) is 5.02 Å². The number of anilines is 1. The number of nitrogens with one attached hydrogen (secondary N) is 2. The van der Waals surface area contributed by atoms with Gasteiger partial charge in [0.25, 0.3) is 5.56 Å². The molecule has 24 heavy (non-hydrogen) atoms. The molecule has 0 fully saturated rings. The van der Waals surface area contributed by atoms with Gasteiger partial charge in [-0.1, -0.05) is 38.4 Å². The molecule has 1 aromatic carbocycles. The van der Waals surface area contributed by atoms with Crippen LogP contribution in [-0.2, 0) is 16.6 Å². The van der Waals surface area contributed by atoms with Crippen LogP contribution in [0.5, 0.6) is 0 Å². The highest BCUT2D eigenvalue weighted by atomic mass is 35.5. The van der Waals surface area contributed by atoms with Crippen molar-refractivity contribution >= 4 is 24.1 Å². The summed E-state index contributed by atoms with van der Waals surface area (Å²) in [4.78, 5) is 23.5. The van der Waals surface area contributed by atoms with E-state index in [1.807, 2.05) is 45.0 Å². The molecule has 0 radical (unpaired) electrons. The Kier molecular flexibility index (Phi) is 6.79. The Morgan fingerprint density at radius 1 is 1.17 bits per heavy atom. The molecular formula is C19H25ClN2O2. The SMILES string of the molecule is C=O.CNc1cc(Cc2ccc(Cl)cc2C)c(=O)[nH]c1C(C)(C)C. The average Bonchev–Trinajstić information content (AvgIpc) is 2.52. The van der Waals surface area contributed by atoms with Crippen LogP contribution in [0.3, 0.4) is 0 Å². The van der Waals surface area contributed by atoms with E-state index in [0.29, 0.717) is 11.4 Å². The van der Waals surface area contributed by atoms with Crippen LogP contribution < -0.4 is 10.9 Å². The first kappa shape index (κ1) is 20.0. The number of aryl methyl sites for hydroxylation is 1. The number of aromatic amines is 1. The van der Waals surface area contributed by atoms with Crippen molar-refractivity contribution in [2.24, 2.45) is 0 Å². The molecule has 0 aliphatic rings. The maximum Gasteiger partial charge on any atom is 0.251 e. The number of halogens is 1. The van der Waals surface area contributed by atoms with Crippen LogP contribution >= 0.6 is 11.6 Å². The van der Waals surface area contributed by atoms with Crippen LogP contribution in [0.1, 0.15) is 43.2 Å². The molecule has 0 unspecified atom stereocenters. The highest BCUT2D eigenvalue weighted by molar-refractivity contribution is 6.30. The molecule has 0 aliphatic carbocycles. The fourth-order valence-electron chi connectivity index (χ4n) is 2.56. The van der Waals surface area contributed by atoms with Gasteiger partial charge in [0.1, 0.15) is 6.79 Å². The van der Waals surface area contributed by atoms with E-state index >= 15 is 0 Å². The molecule has 2 N–H and O–H groups in total. The molecule has 130 valence electrons. The van der Waals surface area contributed by atoms with Gasteiger partial charge in [-0.3, -0.25) is 4.79 Å². The normalized spacial score (nSPS) is 10.8. The lowest BCUT2D eigenvalue weighted by molar-refractivity contribution is -0.0979. The molecule has 0 saturated heterocycles. The summed E-state index contributed by atoms with van der Waals surface area (Å²) in [5.41, 5.74) is 4.70. The van der Waals surface area contributed by atoms with Gasteiger partial charge < -0.3 is 15.1 Å². The number of aromatic nitrogens is 1. The van der Waals surface area contributed by atoms with Gasteiger partial charge in [0, 0.05) is 35.2 Å². The summed E-state index contributed by atoms with van der Waals surface area (Å²) in [6, 6.07) is 7.72. The lowest BCUT2D eigenvalue weighted by Crippen LogP contribution is -2.24. The summed E-state index contributed by atoms with van der Waals surface area (Å²) in [5, 5.41) is 3.90. The van der Waals surface area contributed by atoms with Gasteiger partial charge in [0.15, 0.2) is 0 Å². The third kappa shape index (κ3) is 4.71. The first-order valence-corrected chi connectivity index (χ1v) is 8.08. The van der Waals surface area contributed by atoms with Crippen molar-refractivity contribution in [3.05, 3.63) is 62.0 Å². The van der Waals surface area contributed by atoms with Crippen molar-refractivity contribution in [2.75, 3.05) is 12.4 Å². The molecule has 1 heterocycles. The third-order valence-electron chi connectivity index (χ3n) is 3.82. The number of pyridine rings is 1. The third-order valence-corrected chi connectivity index (χ3v) is 4.06. The van der Waals surface area contributed by atoms with Crippen molar-refractivity contribution in [1.29, 1.82) is 0 Å². The van der Waals surface area contributed by atoms with E-state index in [4.69, 9.17) is 16.4 Å². The predicted octanol–water partition coefficient (Wildman–Crippen LogP) is 4.08. The van der Waals surface area contributed by atoms with Crippen molar-refractivity contribution < 1.29 is 4.79 Å². The summed E-state index contributed by atoms with van der Waals surface area (Å²) in [6.07, 6.45) is 0.595. The van der Waals surface area contributed by atoms with Gasteiger partial charge in [0.05, 0.1) is 5.69 Å². The molecule has 0 atom stereocenters. The standard InChI is InChI=1S/C18H23ClN2O.CH2O/c1-11-8-14(19)7-6-12(11)9-13-10-15(20-5)16(18(2,3)4)21-17(13)22;1-2/h6-8,10,20H,9H2,1-5H3,(H,21,22);1H2. The Morgan fingerprint density at radius 2 is 1.79 bits per heavy atom. The molecule has 1 aromatic heterocycles. The van der Waals surface area contributed by atoms with Crippen LogP contribution in [-0.4, -0.2) is 18.8 Å². The van der Waals surface area contributed by atoms with E-state index in [2.05, 4.69) is 31.1 Å². The highest BCUT2D eigenvalue weighted by Crippen LogP contribution is 2.27. The van der Waals surface area contributed by atoms with Crippen LogP contribution in [0.4, 0.5) is 5.69 Å². The molecule has 0 spiro atoms. The minimum atomic E-state index is -0.119. The van der Waals surface area contributed by atoms with E-state index in [1.54, 1.807) is 0 Å². The molecule has 0 amide bonds. The number of carbonyl (C=O) groups excluding carboxylic acids is 1. The van der Waals surface area contributed by atoms with E-state index < -0.39 is 0 Å². The van der Waals surface area contributed by atoms with Gasteiger partial charge in [-0.05, 0) is 36.2 Å². The molecule has 4 nitrogen and oxygen atoms in total. The number of hydrogen-bond donors (Lipinski definition) is 2. The lowest BCUT2D eigenvalue weighted by Gasteiger charge is -2.22. The maximum atomic E-state index is 12.4. The monoisotopic (exact) mass is 348 g/mol. The first-order valence-electron chi connectivity index (χ1n) is 7.70. The molecule has 5 heteroatoms. The highest BCUT2D eigenvalue weighted by Gasteiger charge is 2.20. The fourth-order valence-corrected chi connectivity index (χ4v) is 2.78. The number of H-pyrrole nitrogens is 1.